The number of aryl methyl sites for hydroxylation is 2. The second-order valence-electron chi connectivity index (χ2n) is 3.79. The molecule has 0 saturated heterocycles. The first-order valence-corrected chi connectivity index (χ1v) is 5.08. The molecule has 3 rings (SSSR count). The van der Waals surface area contributed by atoms with Crippen LogP contribution in [-0.2, 0) is 0 Å². The second kappa shape index (κ2) is 3.20. The monoisotopic (exact) mass is 210 g/mol. The third kappa shape index (κ3) is 1.10. The van der Waals surface area contributed by atoms with Crippen molar-refractivity contribution < 1.29 is 0 Å². The Kier molecular flexibility index (Phi) is 1.83. The zero-order valence-electron chi connectivity index (χ0n) is 9.10. The number of hydrogen-bond donors (Lipinski definition) is 0. The first kappa shape index (κ1) is 9.15. The highest BCUT2D eigenvalue weighted by Gasteiger charge is 2.10. The number of hydrogen-bond acceptors (Lipinski definition) is 4. The predicted molar refractivity (Wildman–Crippen MR) is 62.1 cm³/mol. The molecule has 2 aromatic heterocycles. The van der Waals surface area contributed by atoms with Crippen molar-refractivity contribution >= 4 is 21.9 Å². The average molecular weight is 210 g/mol. The third-order valence-electron chi connectivity index (χ3n) is 2.96. The van der Waals surface area contributed by atoms with Crippen molar-refractivity contribution in [1.82, 2.24) is 19.9 Å². The summed E-state index contributed by atoms with van der Waals surface area (Å²) in [5, 5.41) is 1.05. The van der Waals surface area contributed by atoms with Gasteiger partial charge in [-0.05, 0) is 25.0 Å². The smallest absolute Gasteiger partial charge is 0.116 e. The van der Waals surface area contributed by atoms with Crippen molar-refractivity contribution in [2.24, 2.45) is 0 Å². The van der Waals surface area contributed by atoms with Gasteiger partial charge in [-0.1, -0.05) is 0 Å². The van der Waals surface area contributed by atoms with E-state index in [-0.39, 0.29) is 0 Å². The molecule has 0 fully saturated rings. The van der Waals surface area contributed by atoms with E-state index in [1.54, 1.807) is 18.7 Å². The molecule has 1 aromatic carbocycles. The lowest BCUT2D eigenvalue weighted by atomic mass is 10.0. The molecule has 0 saturated carbocycles. The first-order valence-electron chi connectivity index (χ1n) is 5.08. The molecule has 0 atom stereocenters. The van der Waals surface area contributed by atoms with E-state index in [1.807, 2.05) is 6.20 Å². The van der Waals surface area contributed by atoms with E-state index in [9.17, 15) is 0 Å². The van der Waals surface area contributed by atoms with Crippen LogP contribution in [-0.4, -0.2) is 19.9 Å². The average Bonchev–Trinajstić information content (AvgIpc) is 2.36. The van der Waals surface area contributed by atoms with Crippen molar-refractivity contribution in [3.05, 3.63) is 36.0 Å². The Bertz CT molecular complexity index is 630. The summed E-state index contributed by atoms with van der Waals surface area (Å²) in [6, 6.07) is 0. The van der Waals surface area contributed by atoms with Crippen molar-refractivity contribution in [3.63, 3.8) is 0 Å². The molecule has 0 radical (unpaired) electrons. The molecule has 4 nitrogen and oxygen atoms in total. The van der Waals surface area contributed by atoms with Crippen LogP contribution in [0.1, 0.15) is 11.1 Å². The van der Waals surface area contributed by atoms with Gasteiger partial charge in [-0.15, -0.1) is 0 Å². The summed E-state index contributed by atoms with van der Waals surface area (Å²) >= 11 is 0. The van der Waals surface area contributed by atoms with Gasteiger partial charge in [-0.2, -0.15) is 0 Å². The molecule has 0 bridgehead atoms. The Morgan fingerprint density at radius 2 is 1.56 bits per heavy atom. The molecular weight excluding hydrogens is 200 g/mol. The molecule has 0 aliphatic heterocycles. The van der Waals surface area contributed by atoms with Crippen LogP contribution >= 0.6 is 0 Å². The zero-order valence-corrected chi connectivity index (χ0v) is 9.10. The van der Waals surface area contributed by atoms with Gasteiger partial charge in [0.1, 0.15) is 17.4 Å². The van der Waals surface area contributed by atoms with Gasteiger partial charge in [-0.25, -0.2) is 9.97 Å². The quantitative estimate of drug-likeness (QED) is 0.534. The van der Waals surface area contributed by atoms with Gasteiger partial charge in [0.2, 0.25) is 0 Å². The van der Waals surface area contributed by atoms with E-state index in [0.717, 1.165) is 27.5 Å². The lowest BCUT2D eigenvalue weighted by Crippen LogP contribution is -1.94. The van der Waals surface area contributed by atoms with Gasteiger partial charge in [0.05, 0.1) is 5.52 Å². The fraction of sp³-hybridized carbons (Fsp3) is 0.167. The summed E-state index contributed by atoms with van der Waals surface area (Å²) in [6.45, 7) is 4.12. The Labute approximate surface area is 92.4 Å². The molecule has 0 spiro atoms. The van der Waals surface area contributed by atoms with Crippen LogP contribution < -0.4 is 0 Å². The van der Waals surface area contributed by atoms with Crippen molar-refractivity contribution in [1.29, 1.82) is 0 Å². The Morgan fingerprint density at radius 1 is 0.812 bits per heavy atom. The molecular formula is C12H10N4. The van der Waals surface area contributed by atoms with Crippen molar-refractivity contribution in [2.45, 2.75) is 13.8 Å². The van der Waals surface area contributed by atoms with Crippen LogP contribution in [0.15, 0.2) is 24.9 Å². The fourth-order valence-electron chi connectivity index (χ4n) is 1.96. The van der Waals surface area contributed by atoms with Gasteiger partial charge in [0, 0.05) is 24.0 Å². The van der Waals surface area contributed by atoms with Crippen LogP contribution in [0.4, 0.5) is 0 Å². The minimum Gasteiger partial charge on any atom is -0.253 e. The van der Waals surface area contributed by atoms with Gasteiger partial charge in [-0.3, -0.25) is 9.97 Å². The predicted octanol–water partition coefficient (Wildman–Crippen LogP) is 2.19. The first-order chi connectivity index (χ1) is 7.79. The molecule has 0 aliphatic rings. The maximum atomic E-state index is 4.37. The Morgan fingerprint density at radius 3 is 2.38 bits per heavy atom. The Hall–Kier alpha value is -2.10. The minimum absolute atomic E-state index is 0.850. The summed E-state index contributed by atoms with van der Waals surface area (Å²) in [7, 11) is 0. The lowest BCUT2D eigenvalue weighted by molar-refractivity contribution is 1.20. The number of rotatable bonds is 0. The summed E-state index contributed by atoms with van der Waals surface area (Å²) < 4.78 is 0. The van der Waals surface area contributed by atoms with E-state index < -0.39 is 0 Å². The number of nitrogens with zero attached hydrogens (tertiary/aromatic N) is 4. The van der Waals surface area contributed by atoms with Crippen molar-refractivity contribution in [3.8, 4) is 0 Å². The summed E-state index contributed by atoms with van der Waals surface area (Å²) in [4.78, 5) is 17.1. The number of fused-ring (bicyclic) bond motifs is 3. The van der Waals surface area contributed by atoms with E-state index in [4.69, 9.17) is 0 Å². The highest BCUT2D eigenvalue weighted by molar-refractivity contribution is 6.04. The van der Waals surface area contributed by atoms with Crippen LogP contribution in [0.5, 0.6) is 0 Å². The van der Waals surface area contributed by atoms with Gasteiger partial charge >= 0.3 is 0 Å². The van der Waals surface area contributed by atoms with Crippen LogP contribution in [0.25, 0.3) is 21.9 Å². The van der Waals surface area contributed by atoms with Crippen molar-refractivity contribution in [2.75, 3.05) is 0 Å². The van der Waals surface area contributed by atoms with Crippen LogP contribution in [0.2, 0.25) is 0 Å². The molecule has 3 aromatic rings. The number of benzene rings is 1. The molecule has 0 amide bonds. The van der Waals surface area contributed by atoms with Gasteiger partial charge in [0.25, 0.3) is 0 Å². The standard InChI is InChI=1S/C12H10N4/c1-7-8(2)10-12(15-4-3-14-10)11-9(7)5-13-6-16-11/h3-6H,1-2H3. The molecule has 2 heterocycles. The lowest BCUT2D eigenvalue weighted by Gasteiger charge is -2.08. The van der Waals surface area contributed by atoms with Gasteiger partial charge in [0.15, 0.2) is 0 Å². The molecule has 78 valence electrons. The number of aromatic nitrogens is 4. The molecule has 16 heavy (non-hydrogen) atoms. The van der Waals surface area contributed by atoms with Crippen LogP contribution in [0.3, 0.4) is 0 Å². The molecule has 4 heteroatoms. The second-order valence-corrected chi connectivity index (χ2v) is 3.79. The molecule has 0 N–H and O–H groups in total. The summed E-state index contributed by atoms with van der Waals surface area (Å²) in [5.41, 5.74) is 4.96. The molecule has 0 aliphatic carbocycles. The van der Waals surface area contributed by atoms with E-state index in [1.165, 1.54) is 5.56 Å². The van der Waals surface area contributed by atoms with E-state index in [2.05, 4.69) is 33.8 Å². The SMILES string of the molecule is Cc1c(C)c2nccnc2c2ncncc12. The summed E-state index contributed by atoms with van der Waals surface area (Å²) in [5.74, 6) is 0. The normalized spacial score (nSPS) is 11.1. The maximum Gasteiger partial charge on any atom is 0.116 e. The highest BCUT2D eigenvalue weighted by atomic mass is 14.8. The highest BCUT2D eigenvalue weighted by Crippen LogP contribution is 2.26. The maximum absolute atomic E-state index is 4.37. The summed E-state index contributed by atoms with van der Waals surface area (Å²) in [6.07, 6.45) is 6.78. The van der Waals surface area contributed by atoms with E-state index in [0.29, 0.717) is 0 Å². The van der Waals surface area contributed by atoms with Crippen LogP contribution in [0, 0.1) is 13.8 Å². The largest absolute Gasteiger partial charge is 0.253 e. The zero-order chi connectivity index (χ0) is 11.1. The molecule has 0 unspecified atom stereocenters. The minimum atomic E-state index is 0.850. The van der Waals surface area contributed by atoms with E-state index >= 15 is 0 Å². The topological polar surface area (TPSA) is 51.6 Å². The Balaban J connectivity index is 2.69. The van der Waals surface area contributed by atoms with Gasteiger partial charge < -0.3 is 0 Å². The third-order valence-corrected chi connectivity index (χ3v) is 2.96. The fourth-order valence-corrected chi connectivity index (χ4v) is 1.96.